The first kappa shape index (κ1) is 13.5. The summed E-state index contributed by atoms with van der Waals surface area (Å²) in [5.74, 6) is 3.29. The Morgan fingerprint density at radius 3 is 2.41 bits per heavy atom. The van der Waals surface area contributed by atoms with Crippen molar-refractivity contribution < 1.29 is 4.74 Å². The molecule has 1 fully saturated rings. The molecule has 0 atom stereocenters. The fourth-order valence-electron chi connectivity index (χ4n) is 3.58. The average Bonchev–Trinajstić information content (AvgIpc) is 2.53. The maximum absolute atomic E-state index is 5.97. The SMILES string of the molecule is CC1CCC(c2ccc3c(c2)Nc2cc(N)ccc2O3)CC1. The van der Waals surface area contributed by atoms with Crippen molar-refractivity contribution in [1.29, 1.82) is 0 Å². The molecule has 3 heteroatoms. The van der Waals surface area contributed by atoms with Gasteiger partial charge in [0.1, 0.15) is 0 Å². The Morgan fingerprint density at radius 2 is 1.64 bits per heavy atom. The second-order valence-electron chi connectivity index (χ2n) is 6.70. The Balaban J connectivity index is 1.61. The maximum Gasteiger partial charge on any atom is 0.151 e. The number of ether oxygens (including phenoxy) is 1. The van der Waals surface area contributed by atoms with Crippen LogP contribution in [0.4, 0.5) is 17.1 Å². The van der Waals surface area contributed by atoms with E-state index in [2.05, 4.69) is 30.4 Å². The Kier molecular flexibility index (Phi) is 3.21. The monoisotopic (exact) mass is 294 g/mol. The summed E-state index contributed by atoms with van der Waals surface area (Å²) in [6.45, 7) is 2.36. The molecule has 0 amide bonds. The van der Waals surface area contributed by atoms with Crippen LogP contribution in [0.2, 0.25) is 0 Å². The Morgan fingerprint density at radius 1 is 0.955 bits per heavy atom. The molecule has 1 saturated carbocycles. The molecule has 0 radical (unpaired) electrons. The molecule has 1 aliphatic heterocycles. The highest BCUT2D eigenvalue weighted by atomic mass is 16.5. The van der Waals surface area contributed by atoms with Crippen LogP contribution in [0.25, 0.3) is 0 Å². The molecule has 0 spiro atoms. The molecule has 0 unspecified atom stereocenters. The topological polar surface area (TPSA) is 47.3 Å². The third kappa shape index (κ3) is 2.41. The Labute approximate surface area is 131 Å². The molecule has 0 aromatic heterocycles. The molecule has 4 rings (SSSR count). The summed E-state index contributed by atoms with van der Waals surface area (Å²) in [7, 11) is 0. The van der Waals surface area contributed by atoms with E-state index in [0.29, 0.717) is 5.92 Å². The number of fused-ring (bicyclic) bond motifs is 2. The van der Waals surface area contributed by atoms with Crippen LogP contribution in [-0.2, 0) is 0 Å². The van der Waals surface area contributed by atoms with Crippen molar-refractivity contribution in [3.8, 4) is 11.5 Å². The van der Waals surface area contributed by atoms with Gasteiger partial charge in [0.2, 0.25) is 0 Å². The van der Waals surface area contributed by atoms with Gasteiger partial charge in [-0.15, -0.1) is 0 Å². The average molecular weight is 294 g/mol. The predicted octanol–water partition coefficient (Wildman–Crippen LogP) is 5.41. The molecule has 2 aliphatic rings. The minimum absolute atomic E-state index is 0.686. The molecule has 2 aromatic carbocycles. The molecular formula is C19H22N2O. The second-order valence-corrected chi connectivity index (χ2v) is 6.70. The third-order valence-corrected chi connectivity index (χ3v) is 4.98. The number of hydrogen-bond acceptors (Lipinski definition) is 3. The van der Waals surface area contributed by atoms with Crippen molar-refractivity contribution in [2.75, 3.05) is 11.1 Å². The van der Waals surface area contributed by atoms with Gasteiger partial charge in [-0.2, -0.15) is 0 Å². The predicted molar refractivity (Wildman–Crippen MR) is 91.0 cm³/mol. The van der Waals surface area contributed by atoms with Crippen molar-refractivity contribution in [2.24, 2.45) is 5.92 Å². The van der Waals surface area contributed by atoms with E-state index in [4.69, 9.17) is 10.5 Å². The normalized spacial score (nSPS) is 23.0. The first-order chi connectivity index (χ1) is 10.7. The van der Waals surface area contributed by atoms with E-state index >= 15 is 0 Å². The molecule has 2 aromatic rings. The second kappa shape index (κ2) is 5.24. The van der Waals surface area contributed by atoms with Crippen LogP contribution < -0.4 is 15.8 Å². The number of nitrogen functional groups attached to an aromatic ring is 1. The zero-order valence-corrected chi connectivity index (χ0v) is 12.9. The first-order valence-electron chi connectivity index (χ1n) is 8.17. The van der Waals surface area contributed by atoms with Gasteiger partial charge in [0.15, 0.2) is 11.5 Å². The van der Waals surface area contributed by atoms with Gasteiger partial charge in [0, 0.05) is 5.69 Å². The van der Waals surface area contributed by atoms with Crippen LogP contribution in [0, 0.1) is 5.92 Å². The number of nitrogens with one attached hydrogen (secondary N) is 1. The van der Waals surface area contributed by atoms with Crippen LogP contribution >= 0.6 is 0 Å². The summed E-state index contributed by atoms with van der Waals surface area (Å²) in [6.07, 6.45) is 5.27. The molecule has 114 valence electrons. The summed E-state index contributed by atoms with van der Waals surface area (Å²) in [5.41, 5.74) is 10.0. The summed E-state index contributed by atoms with van der Waals surface area (Å²) < 4.78 is 5.97. The van der Waals surface area contributed by atoms with Crippen LogP contribution in [0.3, 0.4) is 0 Å². The minimum atomic E-state index is 0.686. The highest BCUT2D eigenvalue weighted by Crippen LogP contribution is 2.45. The Hall–Kier alpha value is -2.16. The summed E-state index contributed by atoms with van der Waals surface area (Å²) in [4.78, 5) is 0. The van der Waals surface area contributed by atoms with Crippen molar-refractivity contribution in [3.63, 3.8) is 0 Å². The minimum Gasteiger partial charge on any atom is -0.453 e. The lowest BCUT2D eigenvalue weighted by Gasteiger charge is -2.28. The number of nitrogens with two attached hydrogens (primary N) is 1. The zero-order valence-electron chi connectivity index (χ0n) is 12.9. The molecule has 3 N–H and O–H groups in total. The molecule has 3 nitrogen and oxygen atoms in total. The van der Waals surface area contributed by atoms with Gasteiger partial charge >= 0.3 is 0 Å². The van der Waals surface area contributed by atoms with E-state index in [0.717, 1.165) is 34.5 Å². The lowest BCUT2D eigenvalue weighted by molar-refractivity contribution is 0.348. The maximum atomic E-state index is 5.97. The lowest BCUT2D eigenvalue weighted by atomic mass is 9.79. The third-order valence-electron chi connectivity index (χ3n) is 4.98. The van der Waals surface area contributed by atoms with Crippen molar-refractivity contribution in [2.45, 2.75) is 38.5 Å². The van der Waals surface area contributed by atoms with Gasteiger partial charge < -0.3 is 15.8 Å². The van der Waals surface area contributed by atoms with E-state index in [1.807, 2.05) is 18.2 Å². The van der Waals surface area contributed by atoms with E-state index in [1.54, 1.807) is 0 Å². The van der Waals surface area contributed by atoms with E-state index in [-0.39, 0.29) is 0 Å². The lowest BCUT2D eigenvalue weighted by Crippen LogP contribution is -2.11. The van der Waals surface area contributed by atoms with E-state index < -0.39 is 0 Å². The van der Waals surface area contributed by atoms with Gasteiger partial charge in [0.05, 0.1) is 11.4 Å². The highest BCUT2D eigenvalue weighted by molar-refractivity contribution is 5.78. The number of anilines is 3. The van der Waals surface area contributed by atoms with Crippen molar-refractivity contribution in [1.82, 2.24) is 0 Å². The fraction of sp³-hybridized carbons (Fsp3) is 0.368. The molecule has 0 saturated heterocycles. The summed E-state index contributed by atoms with van der Waals surface area (Å²) in [5, 5.41) is 3.46. The van der Waals surface area contributed by atoms with Gasteiger partial charge in [-0.05, 0) is 60.6 Å². The van der Waals surface area contributed by atoms with E-state index in [9.17, 15) is 0 Å². The zero-order chi connectivity index (χ0) is 15.1. The quantitative estimate of drug-likeness (QED) is 0.590. The van der Waals surface area contributed by atoms with Gasteiger partial charge in [-0.3, -0.25) is 0 Å². The van der Waals surface area contributed by atoms with Crippen LogP contribution in [0.5, 0.6) is 11.5 Å². The van der Waals surface area contributed by atoms with Gasteiger partial charge in [-0.25, -0.2) is 0 Å². The summed E-state index contributed by atoms with van der Waals surface area (Å²) in [6, 6.07) is 12.3. The molecule has 1 heterocycles. The number of benzene rings is 2. The molecule has 1 aliphatic carbocycles. The molecule has 0 bridgehead atoms. The number of hydrogen-bond donors (Lipinski definition) is 2. The Bertz CT molecular complexity index is 703. The van der Waals surface area contributed by atoms with Crippen LogP contribution in [-0.4, -0.2) is 0 Å². The largest absolute Gasteiger partial charge is 0.453 e. The van der Waals surface area contributed by atoms with Crippen LogP contribution in [0.15, 0.2) is 36.4 Å². The van der Waals surface area contributed by atoms with Crippen molar-refractivity contribution in [3.05, 3.63) is 42.0 Å². The first-order valence-corrected chi connectivity index (χ1v) is 8.17. The van der Waals surface area contributed by atoms with Gasteiger partial charge in [-0.1, -0.05) is 25.8 Å². The molecule has 22 heavy (non-hydrogen) atoms. The summed E-state index contributed by atoms with van der Waals surface area (Å²) >= 11 is 0. The highest BCUT2D eigenvalue weighted by Gasteiger charge is 2.22. The van der Waals surface area contributed by atoms with Crippen molar-refractivity contribution >= 4 is 17.1 Å². The molecular weight excluding hydrogens is 272 g/mol. The van der Waals surface area contributed by atoms with Gasteiger partial charge in [0.25, 0.3) is 0 Å². The van der Waals surface area contributed by atoms with Crippen LogP contribution in [0.1, 0.15) is 44.1 Å². The number of rotatable bonds is 1. The smallest absolute Gasteiger partial charge is 0.151 e. The standard InChI is InChI=1S/C19H22N2O/c1-12-2-4-13(5-3-12)14-6-8-18-16(10-14)21-17-11-15(20)7-9-19(17)22-18/h6-13,21H,2-5,20H2,1H3. The fourth-order valence-corrected chi connectivity index (χ4v) is 3.58. The van der Waals surface area contributed by atoms with E-state index in [1.165, 1.54) is 31.2 Å².